The molecule has 3 heterocycles. The second-order valence-corrected chi connectivity index (χ2v) is 10.8. The molecule has 0 aromatic carbocycles. The number of halogens is 1. The average molecular weight is 429 g/mol. The Kier molecular flexibility index (Phi) is 6.11. The van der Waals surface area contributed by atoms with Crippen LogP contribution in [0.1, 0.15) is 32.1 Å². The molecule has 3 fully saturated rings. The van der Waals surface area contributed by atoms with Gasteiger partial charge in [0.2, 0.25) is 16.0 Å². The van der Waals surface area contributed by atoms with Crippen LogP contribution >= 0.6 is 11.6 Å². The lowest BCUT2D eigenvalue weighted by molar-refractivity contribution is 0.0582. The second kappa shape index (κ2) is 8.42. The predicted molar refractivity (Wildman–Crippen MR) is 109 cm³/mol. The SMILES string of the molecule is CS(=O)(=O)N1CCC(OCCC2CC2C2CCN(c3ncc(Cl)cn3)CC2)C1. The molecular weight excluding hydrogens is 400 g/mol. The smallest absolute Gasteiger partial charge is 0.225 e. The summed E-state index contributed by atoms with van der Waals surface area (Å²) in [5, 5.41) is 0.573. The Morgan fingerprint density at radius 3 is 2.54 bits per heavy atom. The van der Waals surface area contributed by atoms with Gasteiger partial charge in [0.05, 0.1) is 29.8 Å². The van der Waals surface area contributed by atoms with Gasteiger partial charge in [0.15, 0.2) is 0 Å². The molecule has 3 unspecified atom stereocenters. The topological polar surface area (TPSA) is 75.6 Å². The van der Waals surface area contributed by atoms with E-state index in [-0.39, 0.29) is 6.10 Å². The summed E-state index contributed by atoms with van der Waals surface area (Å²) in [6.07, 6.45) is 10.3. The van der Waals surface area contributed by atoms with E-state index in [0.717, 1.165) is 56.2 Å². The quantitative estimate of drug-likeness (QED) is 0.663. The first kappa shape index (κ1) is 20.3. The van der Waals surface area contributed by atoms with Gasteiger partial charge in [0.1, 0.15) is 0 Å². The summed E-state index contributed by atoms with van der Waals surface area (Å²) in [6.45, 7) is 3.87. The van der Waals surface area contributed by atoms with Crippen molar-refractivity contribution in [3.8, 4) is 0 Å². The first-order valence-electron chi connectivity index (χ1n) is 10.2. The molecule has 0 amide bonds. The van der Waals surface area contributed by atoms with Gasteiger partial charge >= 0.3 is 0 Å². The summed E-state index contributed by atoms with van der Waals surface area (Å²) in [4.78, 5) is 10.9. The molecule has 0 spiro atoms. The molecule has 28 heavy (non-hydrogen) atoms. The molecule has 1 aromatic rings. The molecule has 3 atom stereocenters. The lowest BCUT2D eigenvalue weighted by atomic mass is 9.90. The van der Waals surface area contributed by atoms with E-state index in [4.69, 9.17) is 16.3 Å². The van der Waals surface area contributed by atoms with E-state index < -0.39 is 10.0 Å². The van der Waals surface area contributed by atoms with Gasteiger partial charge in [0, 0.05) is 32.8 Å². The summed E-state index contributed by atoms with van der Waals surface area (Å²) < 4.78 is 30.6. The maximum absolute atomic E-state index is 11.6. The van der Waals surface area contributed by atoms with Crippen molar-refractivity contribution >= 4 is 27.6 Å². The molecular formula is C19H29ClN4O3S. The Morgan fingerprint density at radius 1 is 1.18 bits per heavy atom. The molecule has 2 aliphatic heterocycles. The zero-order chi connectivity index (χ0) is 19.7. The molecule has 1 aromatic heterocycles. The summed E-state index contributed by atoms with van der Waals surface area (Å²) in [5.41, 5.74) is 0. The third-order valence-electron chi connectivity index (χ3n) is 6.43. The van der Waals surface area contributed by atoms with Gasteiger partial charge in [0.25, 0.3) is 0 Å². The molecule has 4 rings (SSSR count). The first-order valence-corrected chi connectivity index (χ1v) is 12.4. The van der Waals surface area contributed by atoms with Crippen molar-refractivity contribution in [3.63, 3.8) is 0 Å². The third kappa shape index (κ3) is 4.96. The van der Waals surface area contributed by atoms with Crippen LogP contribution in [0.25, 0.3) is 0 Å². The van der Waals surface area contributed by atoms with E-state index in [1.54, 1.807) is 12.4 Å². The normalized spacial score (nSPS) is 29.4. The molecule has 1 saturated carbocycles. The van der Waals surface area contributed by atoms with Crippen molar-refractivity contribution in [1.82, 2.24) is 14.3 Å². The summed E-state index contributed by atoms with van der Waals surface area (Å²) in [7, 11) is -3.08. The maximum atomic E-state index is 11.6. The number of nitrogens with zero attached hydrogens (tertiary/aromatic N) is 4. The Morgan fingerprint density at radius 2 is 1.89 bits per heavy atom. The van der Waals surface area contributed by atoms with Gasteiger partial charge in [-0.3, -0.25) is 0 Å². The van der Waals surface area contributed by atoms with Crippen molar-refractivity contribution in [2.45, 2.75) is 38.2 Å². The number of rotatable bonds is 7. The highest BCUT2D eigenvalue weighted by atomic mass is 35.5. The Balaban J connectivity index is 1.14. The molecule has 0 bridgehead atoms. The van der Waals surface area contributed by atoms with Crippen molar-refractivity contribution < 1.29 is 13.2 Å². The summed E-state index contributed by atoms with van der Waals surface area (Å²) in [6, 6.07) is 0. The van der Waals surface area contributed by atoms with E-state index in [9.17, 15) is 8.42 Å². The fourth-order valence-corrected chi connectivity index (χ4v) is 5.67. The standard InChI is InChI=1S/C19H29ClN4O3S/c1-28(25,26)24-8-4-17(13-24)27-9-5-15-10-18(15)14-2-6-23(7-3-14)19-21-11-16(20)12-22-19/h11-12,14-15,17-18H,2-10,13H2,1H3. The molecule has 156 valence electrons. The van der Waals surface area contributed by atoms with Crippen LogP contribution in [-0.4, -0.2) is 67.8 Å². The van der Waals surface area contributed by atoms with Crippen LogP contribution in [-0.2, 0) is 14.8 Å². The van der Waals surface area contributed by atoms with E-state index in [2.05, 4.69) is 14.9 Å². The number of piperidine rings is 1. The number of anilines is 1. The summed E-state index contributed by atoms with van der Waals surface area (Å²) >= 11 is 5.87. The molecule has 0 radical (unpaired) electrons. The van der Waals surface area contributed by atoms with Gasteiger partial charge in [-0.1, -0.05) is 11.6 Å². The van der Waals surface area contributed by atoms with Crippen molar-refractivity contribution in [1.29, 1.82) is 0 Å². The largest absolute Gasteiger partial charge is 0.377 e. The second-order valence-electron chi connectivity index (χ2n) is 8.38. The van der Waals surface area contributed by atoms with E-state index in [1.165, 1.54) is 29.8 Å². The molecule has 7 nitrogen and oxygen atoms in total. The summed E-state index contributed by atoms with van der Waals surface area (Å²) in [5.74, 6) is 3.17. The van der Waals surface area contributed by atoms with E-state index in [0.29, 0.717) is 18.1 Å². The van der Waals surface area contributed by atoms with Crippen molar-refractivity contribution in [3.05, 3.63) is 17.4 Å². The zero-order valence-corrected chi connectivity index (χ0v) is 17.9. The van der Waals surface area contributed by atoms with Crippen LogP contribution in [0.5, 0.6) is 0 Å². The highest BCUT2D eigenvalue weighted by Gasteiger charge is 2.43. The Hall–Kier alpha value is -0.960. The Labute approximate surface area is 172 Å². The van der Waals surface area contributed by atoms with E-state index in [1.807, 2.05) is 0 Å². The number of hydrogen-bond acceptors (Lipinski definition) is 6. The van der Waals surface area contributed by atoms with Crippen LogP contribution in [0.15, 0.2) is 12.4 Å². The highest BCUT2D eigenvalue weighted by Crippen LogP contribution is 2.49. The minimum Gasteiger partial charge on any atom is -0.377 e. The average Bonchev–Trinajstić information content (AvgIpc) is 3.27. The van der Waals surface area contributed by atoms with Crippen molar-refractivity contribution in [2.24, 2.45) is 17.8 Å². The lowest BCUT2D eigenvalue weighted by Gasteiger charge is -2.32. The number of aromatic nitrogens is 2. The lowest BCUT2D eigenvalue weighted by Crippen LogP contribution is -2.35. The molecule has 9 heteroatoms. The minimum atomic E-state index is -3.08. The van der Waals surface area contributed by atoms with Gasteiger partial charge in [-0.05, 0) is 49.9 Å². The zero-order valence-electron chi connectivity index (χ0n) is 16.3. The number of sulfonamides is 1. The van der Waals surface area contributed by atoms with Gasteiger partial charge in [-0.25, -0.2) is 18.4 Å². The Bertz CT molecular complexity index is 768. The van der Waals surface area contributed by atoms with Crippen molar-refractivity contribution in [2.75, 3.05) is 43.9 Å². The highest BCUT2D eigenvalue weighted by molar-refractivity contribution is 7.88. The maximum Gasteiger partial charge on any atom is 0.225 e. The third-order valence-corrected chi connectivity index (χ3v) is 7.90. The number of ether oxygens (including phenoxy) is 1. The molecule has 1 aliphatic carbocycles. The number of hydrogen-bond donors (Lipinski definition) is 0. The monoisotopic (exact) mass is 428 g/mol. The predicted octanol–water partition coefficient (Wildman–Crippen LogP) is 2.42. The van der Waals surface area contributed by atoms with Crippen LogP contribution in [0.4, 0.5) is 5.95 Å². The molecule has 3 aliphatic rings. The molecule has 2 saturated heterocycles. The van der Waals surface area contributed by atoms with Crippen LogP contribution < -0.4 is 4.90 Å². The fourth-order valence-electron chi connectivity index (χ4n) is 4.70. The van der Waals surface area contributed by atoms with Gasteiger partial charge in [-0.2, -0.15) is 4.31 Å². The van der Waals surface area contributed by atoms with E-state index >= 15 is 0 Å². The van der Waals surface area contributed by atoms with Crippen LogP contribution in [0.2, 0.25) is 5.02 Å². The fraction of sp³-hybridized carbons (Fsp3) is 0.789. The van der Waals surface area contributed by atoms with Gasteiger partial charge < -0.3 is 9.64 Å². The van der Waals surface area contributed by atoms with Gasteiger partial charge in [-0.15, -0.1) is 0 Å². The van der Waals surface area contributed by atoms with Crippen LogP contribution in [0.3, 0.4) is 0 Å². The first-order chi connectivity index (χ1) is 13.4. The minimum absolute atomic E-state index is 0.0644. The van der Waals surface area contributed by atoms with Crippen LogP contribution in [0, 0.1) is 17.8 Å². The molecule has 0 N–H and O–H groups in total.